The van der Waals surface area contributed by atoms with Crippen LogP contribution in [0.25, 0.3) is 0 Å². The molecule has 1 heterocycles. The van der Waals surface area contributed by atoms with Crippen LogP contribution in [-0.2, 0) is 5.41 Å². The number of rotatable bonds is 3. The van der Waals surface area contributed by atoms with Gasteiger partial charge in [0.1, 0.15) is 0 Å². The van der Waals surface area contributed by atoms with Crippen molar-refractivity contribution >= 4 is 0 Å². The SMILES string of the molecule is Cc1c(C(C)(C)C)noc1OCC1CC1. The molecule has 0 unspecified atom stereocenters. The Morgan fingerprint density at radius 3 is 2.53 bits per heavy atom. The molecule has 0 N–H and O–H groups in total. The number of ether oxygens (including phenoxy) is 1. The molecule has 3 heteroatoms. The normalized spacial score (nSPS) is 16.8. The van der Waals surface area contributed by atoms with E-state index in [0.717, 1.165) is 23.8 Å². The van der Waals surface area contributed by atoms with Gasteiger partial charge in [-0.3, -0.25) is 0 Å². The molecule has 3 nitrogen and oxygen atoms in total. The molecule has 0 aliphatic heterocycles. The Labute approximate surface area is 90.8 Å². The molecule has 0 bridgehead atoms. The second-order valence-corrected chi connectivity index (χ2v) is 5.45. The molecule has 0 amide bonds. The smallest absolute Gasteiger partial charge is 0.314 e. The predicted octanol–water partition coefficient (Wildman–Crippen LogP) is 3.07. The molecule has 1 aliphatic rings. The standard InChI is InChI=1S/C12H19NO2/c1-8-10(12(2,3)4)13-15-11(8)14-7-9-5-6-9/h9H,5-7H2,1-4H3. The maximum atomic E-state index is 5.61. The average Bonchev–Trinajstić information content (AvgIpc) is 2.86. The Morgan fingerprint density at radius 2 is 2.07 bits per heavy atom. The Kier molecular flexibility index (Phi) is 2.49. The van der Waals surface area contributed by atoms with E-state index in [0.29, 0.717) is 5.95 Å². The summed E-state index contributed by atoms with van der Waals surface area (Å²) in [4.78, 5) is 0. The van der Waals surface area contributed by atoms with Gasteiger partial charge in [0.25, 0.3) is 0 Å². The van der Waals surface area contributed by atoms with Crippen molar-refractivity contribution in [2.75, 3.05) is 6.61 Å². The highest BCUT2D eigenvalue weighted by Crippen LogP contribution is 2.33. The fourth-order valence-corrected chi connectivity index (χ4v) is 1.63. The second kappa shape index (κ2) is 3.54. The molecule has 84 valence electrons. The van der Waals surface area contributed by atoms with Gasteiger partial charge in [-0.2, -0.15) is 0 Å². The van der Waals surface area contributed by atoms with Gasteiger partial charge in [-0.15, -0.1) is 0 Å². The maximum absolute atomic E-state index is 5.61. The summed E-state index contributed by atoms with van der Waals surface area (Å²) in [5.74, 6) is 1.35. The Bertz CT molecular complexity index is 345. The fourth-order valence-electron chi connectivity index (χ4n) is 1.63. The van der Waals surface area contributed by atoms with Gasteiger partial charge in [-0.1, -0.05) is 25.9 Å². The molecule has 0 saturated heterocycles. The molecule has 1 saturated carbocycles. The molecule has 0 spiro atoms. The van der Waals surface area contributed by atoms with Crippen LogP contribution in [0.3, 0.4) is 0 Å². The monoisotopic (exact) mass is 209 g/mol. The van der Waals surface area contributed by atoms with Crippen molar-refractivity contribution in [3.63, 3.8) is 0 Å². The van der Waals surface area contributed by atoms with Crippen LogP contribution in [0.15, 0.2) is 4.52 Å². The summed E-state index contributed by atoms with van der Waals surface area (Å²) in [7, 11) is 0. The van der Waals surface area contributed by atoms with Gasteiger partial charge in [-0.05, 0) is 25.7 Å². The summed E-state index contributed by atoms with van der Waals surface area (Å²) in [6.07, 6.45) is 2.58. The van der Waals surface area contributed by atoms with E-state index >= 15 is 0 Å². The van der Waals surface area contributed by atoms with Crippen molar-refractivity contribution in [1.29, 1.82) is 0 Å². The molecule has 0 atom stereocenters. The first-order valence-electron chi connectivity index (χ1n) is 5.58. The van der Waals surface area contributed by atoms with Crippen molar-refractivity contribution in [3.05, 3.63) is 11.3 Å². The van der Waals surface area contributed by atoms with Gasteiger partial charge in [0, 0.05) is 5.41 Å². The maximum Gasteiger partial charge on any atom is 0.314 e. The van der Waals surface area contributed by atoms with E-state index in [2.05, 4.69) is 25.9 Å². The van der Waals surface area contributed by atoms with E-state index in [1.165, 1.54) is 12.8 Å². The minimum Gasteiger partial charge on any atom is -0.463 e. The summed E-state index contributed by atoms with van der Waals surface area (Å²) < 4.78 is 10.8. The summed E-state index contributed by atoms with van der Waals surface area (Å²) in [6.45, 7) is 9.17. The van der Waals surface area contributed by atoms with Crippen LogP contribution in [0.4, 0.5) is 0 Å². The average molecular weight is 209 g/mol. The molecule has 1 aromatic heterocycles. The molecule has 1 fully saturated rings. The van der Waals surface area contributed by atoms with Crippen LogP contribution in [0, 0.1) is 12.8 Å². The van der Waals surface area contributed by atoms with Gasteiger partial charge in [0.2, 0.25) is 0 Å². The van der Waals surface area contributed by atoms with Gasteiger partial charge in [0.15, 0.2) is 0 Å². The molecular weight excluding hydrogens is 190 g/mol. The van der Waals surface area contributed by atoms with Crippen LogP contribution in [0.1, 0.15) is 44.9 Å². The van der Waals surface area contributed by atoms with E-state index in [4.69, 9.17) is 9.26 Å². The fraction of sp³-hybridized carbons (Fsp3) is 0.750. The van der Waals surface area contributed by atoms with Gasteiger partial charge in [-0.25, -0.2) is 0 Å². The number of aromatic nitrogens is 1. The highest BCUT2D eigenvalue weighted by atomic mass is 16.6. The lowest BCUT2D eigenvalue weighted by molar-refractivity contribution is 0.202. The van der Waals surface area contributed by atoms with Crippen LogP contribution in [0.2, 0.25) is 0 Å². The third-order valence-corrected chi connectivity index (χ3v) is 2.74. The largest absolute Gasteiger partial charge is 0.463 e. The lowest BCUT2D eigenvalue weighted by Gasteiger charge is -2.14. The van der Waals surface area contributed by atoms with Crippen molar-refractivity contribution in [2.24, 2.45) is 5.92 Å². The van der Waals surface area contributed by atoms with E-state index in [1.807, 2.05) is 6.92 Å². The minimum atomic E-state index is 0.0226. The highest BCUT2D eigenvalue weighted by Gasteiger charge is 2.26. The van der Waals surface area contributed by atoms with E-state index in [1.54, 1.807) is 0 Å². The Hall–Kier alpha value is -0.990. The first kappa shape index (κ1) is 10.5. The molecule has 2 rings (SSSR count). The summed E-state index contributed by atoms with van der Waals surface area (Å²) in [5.41, 5.74) is 2.06. The third kappa shape index (κ3) is 2.33. The van der Waals surface area contributed by atoms with Crippen LogP contribution in [0.5, 0.6) is 5.95 Å². The Morgan fingerprint density at radius 1 is 1.40 bits per heavy atom. The number of hydrogen-bond donors (Lipinski definition) is 0. The summed E-state index contributed by atoms with van der Waals surface area (Å²) in [6, 6.07) is 0. The molecular formula is C12H19NO2. The van der Waals surface area contributed by atoms with E-state index in [-0.39, 0.29) is 5.41 Å². The van der Waals surface area contributed by atoms with Gasteiger partial charge in [0.05, 0.1) is 17.9 Å². The number of nitrogens with zero attached hydrogens (tertiary/aromatic N) is 1. The zero-order valence-electron chi connectivity index (χ0n) is 9.96. The van der Waals surface area contributed by atoms with Crippen LogP contribution in [-0.4, -0.2) is 11.8 Å². The van der Waals surface area contributed by atoms with Gasteiger partial charge < -0.3 is 9.26 Å². The highest BCUT2D eigenvalue weighted by molar-refractivity contribution is 5.30. The second-order valence-electron chi connectivity index (χ2n) is 5.45. The molecule has 0 aromatic carbocycles. The third-order valence-electron chi connectivity index (χ3n) is 2.74. The zero-order valence-corrected chi connectivity index (χ0v) is 9.96. The van der Waals surface area contributed by atoms with Crippen molar-refractivity contribution in [1.82, 2.24) is 5.16 Å². The predicted molar refractivity (Wildman–Crippen MR) is 58.2 cm³/mol. The first-order valence-corrected chi connectivity index (χ1v) is 5.58. The van der Waals surface area contributed by atoms with E-state index in [9.17, 15) is 0 Å². The quantitative estimate of drug-likeness (QED) is 0.767. The molecule has 0 radical (unpaired) electrons. The summed E-state index contributed by atoms with van der Waals surface area (Å²) >= 11 is 0. The number of hydrogen-bond acceptors (Lipinski definition) is 3. The van der Waals surface area contributed by atoms with Crippen molar-refractivity contribution in [3.8, 4) is 5.95 Å². The summed E-state index contributed by atoms with van der Waals surface area (Å²) in [5, 5.41) is 4.09. The lowest BCUT2D eigenvalue weighted by Crippen LogP contribution is -2.13. The molecule has 15 heavy (non-hydrogen) atoms. The van der Waals surface area contributed by atoms with Crippen LogP contribution < -0.4 is 4.74 Å². The molecule has 1 aromatic rings. The van der Waals surface area contributed by atoms with Crippen LogP contribution >= 0.6 is 0 Å². The minimum absolute atomic E-state index is 0.0226. The van der Waals surface area contributed by atoms with E-state index < -0.39 is 0 Å². The molecule has 1 aliphatic carbocycles. The zero-order chi connectivity index (χ0) is 11.1. The van der Waals surface area contributed by atoms with Crippen molar-refractivity contribution in [2.45, 2.75) is 46.0 Å². The lowest BCUT2D eigenvalue weighted by atomic mass is 9.90. The topological polar surface area (TPSA) is 35.3 Å². The van der Waals surface area contributed by atoms with Crippen molar-refractivity contribution < 1.29 is 9.26 Å². The Balaban J connectivity index is 2.08. The first-order chi connectivity index (χ1) is 6.98. The van der Waals surface area contributed by atoms with Gasteiger partial charge >= 0.3 is 5.95 Å².